The lowest BCUT2D eigenvalue weighted by Gasteiger charge is -2.29. The van der Waals surface area contributed by atoms with Crippen molar-refractivity contribution in [1.82, 2.24) is 14.9 Å². The standard InChI is InChI=1S/C19H24N4O/c1-23-6-4-16(5-7-23)24-17-8-15(11-21-12-17)18-9-14(13-2-3-13)10-19(20)22-18/h8-13,16H,2-7H2,1H3,(H2,20,22). The van der Waals surface area contributed by atoms with Crippen molar-refractivity contribution in [3.63, 3.8) is 0 Å². The van der Waals surface area contributed by atoms with Crippen molar-refractivity contribution < 1.29 is 4.74 Å². The minimum absolute atomic E-state index is 0.272. The molecule has 1 aliphatic heterocycles. The maximum absolute atomic E-state index is 6.14. The molecule has 0 amide bonds. The molecule has 2 N–H and O–H groups in total. The van der Waals surface area contributed by atoms with Crippen molar-refractivity contribution in [2.45, 2.75) is 37.7 Å². The van der Waals surface area contributed by atoms with Crippen LogP contribution in [0, 0.1) is 0 Å². The SMILES string of the molecule is CN1CCC(Oc2cncc(-c3cc(C4CC4)cc(N)n3)c2)CC1. The number of nitrogen functional groups attached to an aromatic ring is 1. The summed E-state index contributed by atoms with van der Waals surface area (Å²) >= 11 is 0. The van der Waals surface area contributed by atoms with Gasteiger partial charge >= 0.3 is 0 Å². The van der Waals surface area contributed by atoms with Crippen molar-refractivity contribution in [1.29, 1.82) is 0 Å². The lowest BCUT2D eigenvalue weighted by molar-refractivity contribution is 0.114. The van der Waals surface area contributed by atoms with Crippen LogP contribution in [0.1, 0.15) is 37.2 Å². The van der Waals surface area contributed by atoms with Gasteiger partial charge in [-0.2, -0.15) is 0 Å². The molecular formula is C19H24N4O. The molecule has 126 valence electrons. The highest BCUT2D eigenvalue weighted by molar-refractivity contribution is 5.63. The molecule has 0 atom stereocenters. The summed E-state index contributed by atoms with van der Waals surface area (Å²) in [7, 11) is 2.15. The van der Waals surface area contributed by atoms with Gasteiger partial charge in [0.2, 0.25) is 0 Å². The van der Waals surface area contributed by atoms with E-state index in [-0.39, 0.29) is 6.10 Å². The maximum Gasteiger partial charge on any atom is 0.138 e. The van der Waals surface area contributed by atoms with E-state index in [1.165, 1.54) is 18.4 Å². The Hall–Kier alpha value is -2.14. The quantitative estimate of drug-likeness (QED) is 0.936. The number of pyridine rings is 2. The third kappa shape index (κ3) is 3.51. The van der Waals surface area contributed by atoms with Gasteiger partial charge in [-0.15, -0.1) is 0 Å². The number of likely N-dealkylation sites (tertiary alicyclic amines) is 1. The third-order valence-corrected chi connectivity index (χ3v) is 4.89. The Kier molecular flexibility index (Phi) is 4.10. The van der Waals surface area contributed by atoms with Crippen LogP contribution >= 0.6 is 0 Å². The maximum atomic E-state index is 6.14. The molecule has 24 heavy (non-hydrogen) atoms. The van der Waals surface area contributed by atoms with Gasteiger partial charge in [0.1, 0.15) is 17.7 Å². The average Bonchev–Trinajstić information content (AvgIpc) is 3.42. The van der Waals surface area contributed by atoms with Crippen LogP contribution in [-0.2, 0) is 0 Å². The van der Waals surface area contributed by atoms with Gasteiger partial charge in [-0.05, 0) is 62.4 Å². The first-order valence-electron chi connectivity index (χ1n) is 8.75. The fraction of sp³-hybridized carbons (Fsp3) is 0.474. The summed E-state index contributed by atoms with van der Waals surface area (Å²) in [4.78, 5) is 11.2. The number of anilines is 1. The zero-order valence-electron chi connectivity index (χ0n) is 14.1. The van der Waals surface area contributed by atoms with E-state index in [1.807, 2.05) is 18.3 Å². The fourth-order valence-corrected chi connectivity index (χ4v) is 3.29. The molecule has 5 nitrogen and oxygen atoms in total. The summed E-state index contributed by atoms with van der Waals surface area (Å²) < 4.78 is 6.14. The Balaban J connectivity index is 1.54. The van der Waals surface area contributed by atoms with Crippen LogP contribution in [0.5, 0.6) is 5.75 Å². The Bertz CT molecular complexity index is 721. The first-order valence-corrected chi connectivity index (χ1v) is 8.75. The van der Waals surface area contributed by atoms with E-state index in [4.69, 9.17) is 10.5 Å². The number of hydrogen-bond donors (Lipinski definition) is 1. The fourth-order valence-electron chi connectivity index (χ4n) is 3.29. The van der Waals surface area contributed by atoms with Crippen LogP contribution in [0.15, 0.2) is 30.6 Å². The minimum Gasteiger partial charge on any atom is -0.489 e. The molecule has 0 unspecified atom stereocenters. The summed E-state index contributed by atoms with van der Waals surface area (Å²) in [6, 6.07) is 6.17. The van der Waals surface area contributed by atoms with E-state index in [9.17, 15) is 0 Å². The van der Waals surface area contributed by atoms with Crippen molar-refractivity contribution in [3.8, 4) is 17.0 Å². The molecule has 1 saturated heterocycles. The van der Waals surface area contributed by atoms with Gasteiger partial charge in [-0.25, -0.2) is 4.98 Å². The van der Waals surface area contributed by atoms with Crippen LogP contribution in [0.25, 0.3) is 11.3 Å². The minimum atomic E-state index is 0.272. The molecule has 3 heterocycles. The van der Waals surface area contributed by atoms with Gasteiger partial charge in [0, 0.05) is 24.8 Å². The lowest BCUT2D eigenvalue weighted by atomic mass is 10.1. The van der Waals surface area contributed by atoms with Gasteiger partial charge in [-0.1, -0.05) is 0 Å². The molecule has 2 aromatic heterocycles. The summed E-state index contributed by atoms with van der Waals surface area (Å²) in [5.74, 6) is 2.05. The highest BCUT2D eigenvalue weighted by atomic mass is 16.5. The molecule has 0 radical (unpaired) electrons. The average molecular weight is 324 g/mol. The van der Waals surface area contributed by atoms with Gasteiger partial charge in [0.25, 0.3) is 0 Å². The Labute approximate surface area is 142 Å². The number of nitrogens with zero attached hydrogens (tertiary/aromatic N) is 3. The smallest absolute Gasteiger partial charge is 0.138 e. The summed E-state index contributed by atoms with van der Waals surface area (Å²) in [5.41, 5.74) is 9.14. The van der Waals surface area contributed by atoms with Crippen LogP contribution in [-0.4, -0.2) is 41.1 Å². The van der Waals surface area contributed by atoms with Crippen LogP contribution < -0.4 is 10.5 Å². The van der Waals surface area contributed by atoms with E-state index in [1.54, 1.807) is 6.20 Å². The monoisotopic (exact) mass is 324 g/mol. The van der Waals surface area contributed by atoms with Crippen LogP contribution in [0.4, 0.5) is 5.82 Å². The molecule has 0 spiro atoms. The number of nitrogens with two attached hydrogens (primary N) is 1. The van der Waals surface area contributed by atoms with Crippen molar-refractivity contribution in [2.24, 2.45) is 0 Å². The molecule has 2 aliphatic rings. The molecule has 2 aromatic rings. The van der Waals surface area contributed by atoms with Crippen molar-refractivity contribution in [2.75, 3.05) is 25.9 Å². The second-order valence-electron chi connectivity index (χ2n) is 7.01. The molecule has 5 heteroatoms. The highest BCUT2D eigenvalue weighted by Gasteiger charge is 2.24. The van der Waals surface area contributed by atoms with Crippen LogP contribution in [0.3, 0.4) is 0 Å². The topological polar surface area (TPSA) is 64.3 Å². The number of aromatic nitrogens is 2. The van der Waals surface area contributed by atoms with E-state index in [0.717, 1.165) is 42.9 Å². The van der Waals surface area contributed by atoms with Gasteiger partial charge in [0.05, 0.1) is 11.9 Å². The first kappa shape index (κ1) is 15.4. The van der Waals surface area contributed by atoms with Crippen LogP contribution in [0.2, 0.25) is 0 Å². The van der Waals surface area contributed by atoms with E-state index >= 15 is 0 Å². The van der Waals surface area contributed by atoms with Gasteiger partial charge < -0.3 is 15.4 Å². The van der Waals surface area contributed by atoms with E-state index in [0.29, 0.717) is 11.7 Å². The second-order valence-corrected chi connectivity index (χ2v) is 7.01. The molecule has 0 aromatic carbocycles. The summed E-state index contributed by atoms with van der Waals surface area (Å²) in [6.07, 6.45) is 8.51. The molecule has 4 rings (SSSR count). The predicted molar refractivity (Wildman–Crippen MR) is 95.0 cm³/mol. The van der Waals surface area contributed by atoms with Gasteiger partial charge in [0.15, 0.2) is 0 Å². The Morgan fingerprint density at radius 1 is 1.08 bits per heavy atom. The number of rotatable bonds is 4. The number of piperidine rings is 1. The Morgan fingerprint density at radius 2 is 1.88 bits per heavy atom. The molecule has 1 saturated carbocycles. The molecule has 1 aliphatic carbocycles. The number of ether oxygens (including phenoxy) is 1. The molecular weight excluding hydrogens is 300 g/mol. The number of hydrogen-bond acceptors (Lipinski definition) is 5. The second kappa shape index (κ2) is 6.40. The Morgan fingerprint density at radius 3 is 2.62 bits per heavy atom. The largest absolute Gasteiger partial charge is 0.489 e. The predicted octanol–water partition coefficient (Wildman–Crippen LogP) is 3.08. The highest BCUT2D eigenvalue weighted by Crippen LogP contribution is 2.41. The first-order chi connectivity index (χ1) is 11.7. The zero-order valence-corrected chi connectivity index (χ0v) is 14.1. The molecule has 0 bridgehead atoms. The van der Waals surface area contributed by atoms with Crippen molar-refractivity contribution in [3.05, 3.63) is 36.2 Å². The van der Waals surface area contributed by atoms with Gasteiger partial charge in [-0.3, -0.25) is 4.98 Å². The van der Waals surface area contributed by atoms with E-state index in [2.05, 4.69) is 28.0 Å². The summed E-state index contributed by atoms with van der Waals surface area (Å²) in [5, 5.41) is 0. The summed E-state index contributed by atoms with van der Waals surface area (Å²) in [6.45, 7) is 2.17. The molecule has 2 fully saturated rings. The lowest BCUT2D eigenvalue weighted by Crippen LogP contribution is -2.35. The normalized spacial score (nSPS) is 19.4. The van der Waals surface area contributed by atoms with E-state index < -0.39 is 0 Å². The zero-order chi connectivity index (χ0) is 16.5. The van der Waals surface area contributed by atoms with Crippen molar-refractivity contribution >= 4 is 5.82 Å². The third-order valence-electron chi connectivity index (χ3n) is 4.89.